The molecule has 19 heavy (non-hydrogen) atoms. The van der Waals surface area contributed by atoms with Gasteiger partial charge in [0.2, 0.25) is 5.82 Å². The lowest BCUT2D eigenvalue weighted by Crippen LogP contribution is -2.02. The molecule has 0 atom stereocenters. The first-order chi connectivity index (χ1) is 9.10. The van der Waals surface area contributed by atoms with E-state index >= 15 is 0 Å². The van der Waals surface area contributed by atoms with E-state index in [4.69, 9.17) is 10.8 Å². The van der Waals surface area contributed by atoms with E-state index in [1.165, 1.54) is 12.1 Å². The predicted octanol–water partition coefficient (Wildman–Crippen LogP) is 1.81. The lowest BCUT2D eigenvalue weighted by molar-refractivity contribution is -0.384. The average Bonchev–Trinajstić information content (AvgIpc) is 2.39. The van der Waals surface area contributed by atoms with Crippen LogP contribution in [0.2, 0.25) is 0 Å². The number of anilines is 3. The normalized spacial score (nSPS) is 10.2. The molecule has 4 N–H and O–H groups in total. The Morgan fingerprint density at radius 3 is 2.53 bits per heavy atom. The summed E-state index contributed by atoms with van der Waals surface area (Å²) >= 11 is 0. The van der Waals surface area contributed by atoms with Crippen LogP contribution >= 0.6 is 0 Å². The summed E-state index contributed by atoms with van der Waals surface area (Å²) in [5, 5.41) is 22.6. The van der Waals surface area contributed by atoms with Crippen LogP contribution < -0.4 is 11.1 Å². The summed E-state index contributed by atoms with van der Waals surface area (Å²) in [6.07, 6.45) is 0. The molecule has 0 saturated carbocycles. The summed E-state index contributed by atoms with van der Waals surface area (Å²) in [5.41, 5.74) is 6.74. The third-order valence-electron chi connectivity index (χ3n) is 2.49. The number of nitrogens with zero attached hydrogens (tertiary/aromatic N) is 2. The van der Waals surface area contributed by atoms with Gasteiger partial charge in [0.15, 0.2) is 0 Å². The molecule has 0 aliphatic carbocycles. The van der Waals surface area contributed by atoms with Crippen LogP contribution in [0.3, 0.4) is 0 Å². The molecule has 0 unspecified atom stereocenters. The van der Waals surface area contributed by atoms with E-state index in [0.29, 0.717) is 5.69 Å². The van der Waals surface area contributed by atoms with E-state index < -0.39 is 4.92 Å². The Balaban J connectivity index is 2.31. The van der Waals surface area contributed by atoms with Gasteiger partial charge in [0, 0.05) is 11.8 Å². The molecule has 0 amide bonds. The van der Waals surface area contributed by atoms with Gasteiger partial charge in [-0.15, -0.1) is 0 Å². The topological polar surface area (TPSA) is 114 Å². The quantitative estimate of drug-likeness (QED) is 0.570. The van der Waals surface area contributed by atoms with Gasteiger partial charge in [-0.3, -0.25) is 10.1 Å². The SMILES string of the molecule is Nc1ccc([N+](=O)[O-])c(Nc2ccc(CO)cc2)n1. The number of rotatable bonds is 4. The number of nitrogens with two attached hydrogens (primary N) is 1. The number of pyridine rings is 1. The van der Waals surface area contributed by atoms with Crippen LogP contribution in [0.5, 0.6) is 0 Å². The number of nitrogens with one attached hydrogen (secondary N) is 1. The molecule has 1 aromatic heterocycles. The second-order valence-corrected chi connectivity index (χ2v) is 3.84. The summed E-state index contributed by atoms with van der Waals surface area (Å²) in [6.45, 7) is -0.0586. The van der Waals surface area contributed by atoms with Crippen LogP contribution in [-0.2, 0) is 6.61 Å². The Bertz CT molecular complexity index is 598. The highest BCUT2D eigenvalue weighted by Crippen LogP contribution is 2.26. The smallest absolute Gasteiger partial charge is 0.311 e. The first kappa shape index (κ1) is 12.8. The van der Waals surface area contributed by atoms with Crippen molar-refractivity contribution in [3.63, 3.8) is 0 Å². The van der Waals surface area contributed by atoms with Crippen molar-refractivity contribution in [2.24, 2.45) is 0 Å². The van der Waals surface area contributed by atoms with Gasteiger partial charge in [-0.1, -0.05) is 12.1 Å². The van der Waals surface area contributed by atoms with Crippen molar-refractivity contribution in [1.82, 2.24) is 4.98 Å². The molecule has 2 rings (SSSR count). The number of aliphatic hydroxyl groups excluding tert-OH is 1. The fraction of sp³-hybridized carbons (Fsp3) is 0.0833. The Morgan fingerprint density at radius 2 is 1.95 bits per heavy atom. The molecule has 0 bridgehead atoms. The zero-order valence-corrected chi connectivity index (χ0v) is 9.91. The lowest BCUT2D eigenvalue weighted by Gasteiger charge is -2.07. The Hall–Kier alpha value is -2.67. The number of hydrogen-bond acceptors (Lipinski definition) is 6. The minimum absolute atomic E-state index is 0.0586. The highest BCUT2D eigenvalue weighted by atomic mass is 16.6. The predicted molar refractivity (Wildman–Crippen MR) is 71.0 cm³/mol. The molecule has 7 nitrogen and oxygen atoms in total. The molecule has 7 heteroatoms. The van der Waals surface area contributed by atoms with Crippen molar-refractivity contribution in [2.75, 3.05) is 11.1 Å². The molecular weight excluding hydrogens is 248 g/mol. The molecule has 98 valence electrons. The number of nitrogen functional groups attached to an aromatic ring is 1. The standard InChI is InChI=1S/C12H12N4O3/c13-11-6-5-10(16(18)19)12(15-11)14-9-3-1-8(7-17)2-4-9/h1-6,17H,7H2,(H3,13,14,15). The summed E-state index contributed by atoms with van der Waals surface area (Å²) in [6, 6.07) is 9.48. The zero-order chi connectivity index (χ0) is 13.8. The molecule has 0 saturated heterocycles. The zero-order valence-electron chi connectivity index (χ0n) is 9.91. The van der Waals surface area contributed by atoms with Crippen LogP contribution in [0.15, 0.2) is 36.4 Å². The molecule has 0 aliphatic heterocycles. The largest absolute Gasteiger partial charge is 0.392 e. The van der Waals surface area contributed by atoms with Gasteiger partial charge in [0.05, 0.1) is 11.5 Å². The second kappa shape index (κ2) is 5.32. The summed E-state index contributed by atoms with van der Waals surface area (Å²) < 4.78 is 0. The van der Waals surface area contributed by atoms with Gasteiger partial charge in [-0.2, -0.15) is 0 Å². The van der Waals surface area contributed by atoms with E-state index in [2.05, 4.69) is 10.3 Å². The highest BCUT2D eigenvalue weighted by molar-refractivity contribution is 5.67. The van der Waals surface area contributed by atoms with Gasteiger partial charge >= 0.3 is 5.69 Å². The molecular formula is C12H12N4O3. The van der Waals surface area contributed by atoms with E-state index in [0.717, 1.165) is 5.56 Å². The molecule has 2 aromatic rings. The Morgan fingerprint density at radius 1 is 1.26 bits per heavy atom. The second-order valence-electron chi connectivity index (χ2n) is 3.84. The maximum atomic E-state index is 10.9. The van der Waals surface area contributed by atoms with Crippen LogP contribution in [0.1, 0.15) is 5.56 Å². The van der Waals surface area contributed by atoms with E-state index in [1.807, 2.05) is 0 Å². The van der Waals surface area contributed by atoms with Crippen molar-refractivity contribution in [3.8, 4) is 0 Å². The summed E-state index contributed by atoms with van der Waals surface area (Å²) in [4.78, 5) is 14.3. The van der Waals surface area contributed by atoms with Crippen LogP contribution in [0, 0.1) is 10.1 Å². The van der Waals surface area contributed by atoms with Gasteiger partial charge in [0.25, 0.3) is 0 Å². The molecule has 0 fully saturated rings. The molecule has 1 heterocycles. The Kier molecular flexibility index (Phi) is 3.58. The van der Waals surface area contributed by atoms with Crippen LogP contribution in [0.4, 0.5) is 23.0 Å². The van der Waals surface area contributed by atoms with Gasteiger partial charge in [0.1, 0.15) is 5.82 Å². The fourth-order valence-electron chi connectivity index (χ4n) is 1.54. The van der Waals surface area contributed by atoms with Gasteiger partial charge in [-0.25, -0.2) is 4.98 Å². The van der Waals surface area contributed by atoms with Crippen molar-refractivity contribution >= 4 is 23.0 Å². The van der Waals surface area contributed by atoms with Gasteiger partial charge < -0.3 is 16.2 Å². The Labute approximate surface area is 108 Å². The number of aromatic nitrogens is 1. The van der Waals surface area contributed by atoms with Crippen LogP contribution in [-0.4, -0.2) is 15.0 Å². The first-order valence-electron chi connectivity index (χ1n) is 5.48. The summed E-state index contributed by atoms with van der Waals surface area (Å²) in [7, 11) is 0. The van der Waals surface area contributed by atoms with Crippen molar-refractivity contribution in [1.29, 1.82) is 0 Å². The fourth-order valence-corrected chi connectivity index (χ4v) is 1.54. The van der Waals surface area contributed by atoms with Crippen LogP contribution in [0.25, 0.3) is 0 Å². The first-order valence-corrected chi connectivity index (χ1v) is 5.48. The van der Waals surface area contributed by atoms with Gasteiger partial charge in [-0.05, 0) is 23.8 Å². The maximum Gasteiger partial charge on any atom is 0.311 e. The highest BCUT2D eigenvalue weighted by Gasteiger charge is 2.15. The lowest BCUT2D eigenvalue weighted by atomic mass is 10.2. The number of nitro groups is 1. The van der Waals surface area contributed by atoms with E-state index in [1.54, 1.807) is 24.3 Å². The van der Waals surface area contributed by atoms with E-state index in [-0.39, 0.29) is 23.9 Å². The third-order valence-corrected chi connectivity index (χ3v) is 2.49. The average molecular weight is 260 g/mol. The molecule has 0 radical (unpaired) electrons. The maximum absolute atomic E-state index is 10.9. The van der Waals surface area contributed by atoms with E-state index in [9.17, 15) is 10.1 Å². The summed E-state index contributed by atoms with van der Waals surface area (Å²) in [5.74, 6) is 0.279. The van der Waals surface area contributed by atoms with Crippen molar-refractivity contribution < 1.29 is 10.0 Å². The van der Waals surface area contributed by atoms with Crippen molar-refractivity contribution in [3.05, 3.63) is 52.1 Å². The molecule has 1 aromatic carbocycles. The third kappa shape index (κ3) is 2.96. The monoisotopic (exact) mass is 260 g/mol. The van der Waals surface area contributed by atoms with Crippen molar-refractivity contribution in [2.45, 2.75) is 6.61 Å². The molecule has 0 spiro atoms. The minimum Gasteiger partial charge on any atom is -0.392 e. The molecule has 0 aliphatic rings. The number of aliphatic hydroxyl groups is 1. The minimum atomic E-state index is -0.531. The number of benzene rings is 1. The number of hydrogen-bond donors (Lipinski definition) is 3.